The van der Waals surface area contributed by atoms with Crippen LogP contribution in [0.15, 0.2) is 30.3 Å². The van der Waals surface area contributed by atoms with Gasteiger partial charge in [0.1, 0.15) is 0 Å². The molecule has 6 heteroatoms. The second-order valence-corrected chi connectivity index (χ2v) is 6.55. The minimum absolute atomic E-state index is 0. The molecule has 0 N–H and O–H groups in total. The predicted molar refractivity (Wildman–Crippen MR) is 102 cm³/mol. The van der Waals surface area contributed by atoms with E-state index in [1.807, 2.05) is 6.07 Å². The summed E-state index contributed by atoms with van der Waals surface area (Å²) in [5.74, 6) is 3.08. The van der Waals surface area contributed by atoms with Gasteiger partial charge in [-0.2, -0.15) is 0 Å². The Labute approximate surface area is 178 Å². The quantitative estimate of drug-likeness (QED) is 0.559. The third kappa shape index (κ3) is 4.43. The van der Waals surface area contributed by atoms with E-state index in [1.165, 1.54) is 16.7 Å². The van der Waals surface area contributed by atoms with Crippen LogP contribution >= 0.6 is 0 Å². The van der Waals surface area contributed by atoms with Gasteiger partial charge < -0.3 is 42.9 Å². The second-order valence-electron chi connectivity index (χ2n) is 6.55. The van der Waals surface area contributed by atoms with Gasteiger partial charge in [-0.1, -0.05) is 6.07 Å². The minimum Gasteiger partial charge on any atom is -1.00 e. The van der Waals surface area contributed by atoms with Crippen LogP contribution in [0.2, 0.25) is 0 Å². The SMILES string of the molecule is COc1ccc(CC2c3cc(OC)c(OC)cc3CCN2C)cc1OC.[I-]. The molecule has 0 radical (unpaired) electrons. The summed E-state index contributed by atoms with van der Waals surface area (Å²) in [6.07, 6.45) is 1.90. The zero-order valence-electron chi connectivity index (χ0n) is 16.5. The molecule has 0 saturated heterocycles. The summed E-state index contributed by atoms with van der Waals surface area (Å²) in [7, 11) is 8.86. The van der Waals surface area contributed by atoms with Crippen LogP contribution in [-0.4, -0.2) is 46.9 Å². The summed E-state index contributed by atoms with van der Waals surface area (Å²) in [6.45, 7) is 1.01. The van der Waals surface area contributed by atoms with Crippen LogP contribution in [0.3, 0.4) is 0 Å². The van der Waals surface area contributed by atoms with Gasteiger partial charge in [0.2, 0.25) is 0 Å². The highest BCUT2D eigenvalue weighted by molar-refractivity contribution is 5.50. The Morgan fingerprint density at radius 3 is 2.07 bits per heavy atom. The number of rotatable bonds is 6. The molecule has 1 unspecified atom stereocenters. The van der Waals surface area contributed by atoms with E-state index < -0.39 is 0 Å². The van der Waals surface area contributed by atoms with Crippen molar-refractivity contribution in [3.05, 3.63) is 47.0 Å². The van der Waals surface area contributed by atoms with Crippen LogP contribution in [0, 0.1) is 0 Å². The lowest BCUT2D eigenvalue weighted by atomic mass is 9.88. The average Bonchev–Trinajstić information content (AvgIpc) is 2.68. The van der Waals surface area contributed by atoms with Crippen molar-refractivity contribution in [1.82, 2.24) is 4.90 Å². The predicted octanol–water partition coefficient (Wildman–Crippen LogP) is 0.497. The van der Waals surface area contributed by atoms with Crippen molar-refractivity contribution >= 4 is 0 Å². The van der Waals surface area contributed by atoms with Crippen molar-refractivity contribution in [3.63, 3.8) is 0 Å². The van der Waals surface area contributed by atoms with Crippen molar-refractivity contribution in [2.75, 3.05) is 42.0 Å². The highest BCUT2D eigenvalue weighted by Crippen LogP contribution is 2.39. The normalized spacial score (nSPS) is 16.1. The fraction of sp³-hybridized carbons (Fsp3) is 0.429. The monoisotopic (exact) mass is 484 g/mol. The summed E-state index contributed by atoms with van der Waals surface area (Å²) in [5.41, 5.74) is 3.83. The standard InChI is InChI=1S/C21H27NO4.HI/c1-22-9-8-15-12-20(25-4)21(26-5)13-16(15)17(22)10-14-6-7-18(23-2)19(11-14)24-3;/h6-7,11-13,17H,8-10H2,1-5H3;1H/p-1. The maximum atomic E-state index is 5.52. The van der Waals surface area contributed by atoms with Gasteiger partial charge in [0.25, 0.3) is 0 Å². The molecule has 0 fully saturated rings. The van der Waals surface area contributed by atoms with Crippen molar-refractivity contribution < 1.29 is 42.9 Å². The van der Waals surface area contributed by atoms with Crippen molar-refractivity contribution in [2.24, 2.45) is 0 Å². The zero-order valence-corrected chi connectivity index (χ0v) is 18.7. The summed E-state index contributed by atoms with van der Waals surface area (Å²) in [5, 5.41) is 0. The first-order valence-electron chi connectivity index (χ1n) is 8.77. The maximum Gasteiger partial charge on any atom is 0.161 e. The first-order chi connectivity index (χ1) is 12.6. The Kier molecular flexibility index (Phi) is 7.61. The molecule has 0 aliphatic carbocycles. The fourth-order valence-corrected chi connectivity index (χ4v) is 3.65. The lowest BCUT2D eigenvalue weighted by Crippen LogP contribution is -3.00. The number of fused-ring (bicyclic) bond motifs is 1. The van der Waals surface area contributed by atoms with Crippen LogP contribution in [0.1, 0.15) is 22.7 Å². The molecule has 5 nitrogen and oxygen atoms in total. The first kappa shape index (κ1) is 21.6. The molecule has 0 aromatic heterocycles. The molecule has 1 aliphatic rings. The highest BCUT2D eigenvalue weighted by atomic mass is 127. The number of methoxy groups -OCH3 is 4. The summed E-state index contributed by atoms with van der Waals surface area (Å²) in [4.78, 5) is 2.39. The summed E-state index contributed by atoms with van der Waals surface area (Å²) >= 11 is 0. The number of ether oxygens (including phenoxy) is 4. The first-order valence-corrected chi connectivity index (χ1v) is 8.77. The van der Waals surface area contributed by atoms with Gasteiger partial charge in [0.15, 0.2) is 23.0 Å². The number of halogens is 1. The molecular formula is C21H27INO4-. The smallest absolute Gasteiger partial charge is 0.161 e. The molecule has 1 aliphatic heterocycles. The second kappa shape index (κ2) is 9.50. The topological polar surface area (TPSA) is 40.2 Å². The van der Waals surface area contributed by atoms with Crippen LogP contribution in [0.5, 0.6) is 23.0 Å². The van der Waals surface area contributed by atoms with Crippen LogP contribution in [-0.2, 0) is 12.8 Å². The molecule has 27 heavy (non-hydrogen) atoms. The Bertz CT molecular complexity index is 781. The largest absolute Gasteiger partial charge is 1.00 e. The Morgan fingerprint density at radius 2 is 1.44 bits per heavy atom. The van der Waals surface area contributed by atoms with E-state index in [-0.39, 0.29) is 30.0 Å². The molecule has 0 spiro atoms. The Morgan fingerprint density at radius 1 is 0.852 bits per heavy atom. The number of nitrogens with zero attached hydrogens (tertiary/aromatic N) is 1. The fourth-order valence-electron chi connectivity index (χ4n) is 3.65. The van der Waals surface area contributed by atoms with Crippen LogP contribution in [0.4, 0.5) is 0 Å². The van der Waals surface area contributed by atoms with E-state index in [4.69, 9.17) is 18.9 Å². The molecule has 3 rings (SSSR count). The molecule has 0 bridgehead atoms. The van der Waals surface area contributed by atoms with E-state index in [9.17, 15) is 0 Å². The lowest BCUT2D eigenvalue weighted by molar-refractivity contribution is -0.00000643. The third-order valence-corrected chi connectivity index (χ3v) is 5.15. The summed E-state index contributed by atoms with van der Waals surface area (Å²) in [6, 6.07) is 10.6. The molecule has 0 amide bonds. The Hall–Kier alpha value is -1.67. The number of hydrogen-bond acceptors (Lipinski definition) is 5. The van der Waals surface area contributed by atoms with Crippen LogP contribution < -0.4 is 42.9 Å². The van der Waals surface area contributed by atoms with Gasteiger partial charge in [-0.05, 0) is 60.8 Å². The van der Waals surface area contributed by atoms with E-state index in [0.717, 1.165) is 42.4 Å². The lowest BCUT2D eigenvalue weighted by Gasteiger charge is -2.35. The molecular weight excluding hydrogens is 457 g/mol. The molecule has 2 aromatic rings. The van der Waals surface area contributed by atoms with Crippen molar-refractivity contribution in [1.29, 1.82) is 0 Å². The van der Waals surface area contributed by atoms with Crippen molar-refractivity contribution in [3.8, 4) is 23.0 Å². The zero-order chi connectivity index (χ0) is 18.7. The van der Waals surface area contributed by atoms with Gasteiger partial charge >= 0.3 is 0 Å². The molecule has 1 heterocycles. The molecule has 148 valence electrons. The molecule has 1 atom stereocenters. The average molecular weight is 484 g/mol. The van der Waals surface area contributed by atoms with E-state index >= 15 is 0 Å². The minimum atomic E-state index is 0. The van der Waals surface area contributed by atoms with E-state index in [1.54, 1.807) is 28.4 Å². The molecule has 0 saturated carbocycles. The van der Waals surface area contributed by atoms with Gasteiger partial charge in [-0.25, -0.2) is 0 Å². The van der Waals surface area contributed by atoms with Gasteiger partial charge in [0.05, 0.1) is 28.4 Å². The van der Waals surface area contributed by atoms with Gasteiger partial charge in [0, 0.05) is 12.6 Å². The number of likely N-dealkylation sites (N-methyl/N-ethyl adjacent to an activating group) is 1. The summed E-state index contributed by atoms with van der Waals surface area (Å²) < 4.78 is 21.8. The van der Waals surface area contributed by atoms with E-state index in [2.05, 4.69) is 36.2 Å². The third-order valence-electron chi connectivity index (χ3n) is 5.15. The highest BCUT2D eigenvalue weighted by Gasteiger charge is 2.27. The van der Waals surface area contributed by atoms with E-state index in [0.29, 0.717) is 0 Å². The number of benzene rings is 2. The maximum absolute atomic E-state index is 5.52. The van der Waals surface area contributed by atoms with Gasteiger partial charge in [-0.3, -0.25) is 4.90 Å². The van der Waals surface area contributed by atoms with Crippen molar-refractivity contribution in [2.45, 2.75) is 18.9 Å². The molecule has 2 aromatic carbocycles. The number of hydrogen-bond donors (Lipinski definition) is 0. The Balaban J connectivity index is 0.00000261. The van der Waals surface area contributed by atoms with Crippen LogP contribution in [0.25, 0.3) is 0 Å². The van der Waals surface area contributed by atoms with Gasteiger partial charge in [-0.15, -0.1) is 0 Å².